The molecule has 0 aromatic rings. The number of hydrogen-bond donors (Lipinski definition) is 2. The van der Waals surface area contributed by atoms with E-state index in [0.717, 1.165) is 6.42 Å². The highest BCUT2D eigenvalue weighted by atomic mass is 16.3. The molecule has 4 heteroatoms. The molecule has 2 N–H and O–H groups in total. The summed E-state index contributed by atoms with van der Waals surface area (Å²) in [4.78, 5) is 12.7. The third-order valence-electron chi connectivity index (χ3n) is 2.63. The van der Waals surface area contributed by atoms with E-state index in [9.17, 15) is 9.90 Å². The third-order valence-corrected chi connectivity index (χ3v) is 2.63. The lowest BCUT2D eigenvalue weighted by atomic mass is 10.2. The first kappa shape index (κ1) is 6.91. The number of fused-ring (bicyclic) bond motifs is 1. The van der Waals surface area contributed by atoms with E-state index in [4.69, 9.17) is 0 Å². The van der Waals surface area contributed by atoms with Gasteiger partial charge in [-0.25, -0.2) is 4.79 Å². The normalized spacial score (nSPS) is 42.5. The molecule has 3 atom stereocenters. The number of nitrogens with zero attached hydrogens (tertiary/aromatic N) is 1. The number of rotatable bonds is 0. The summed E-state index contributed by atoms with van der Waals surface area (Å²) in [6.45, 7) is 0. The molecule has 2 rings (SSSR count). The third kappa shape index (κ3) is 0.894. The second-order valence-electron chi connectivity index (χ2n) is 3.36. The Morgan fingerprint density at radius 3 is 3.00 bits per heavy atom. The van der Waals surface area contributed by atoms with Crippen LogP contribution in [0.1, 0.15) is 12.8 Å². The summed E-state index contributed by atoms with van der Waals surface area (Å²) < 4.78 is 0. The van der Waals surface area contributed by atoms with E-state index in [-0.39, 0.29) is 24.2 Å². The quantitative estimate of drug-likeness (QED) is 0.498. The standard InChI is InChI=1S/C7H12N2O2/c1-9-6-3-4(10)2-5(6)8-7(9)11/h4-6,10H,2-3H2,1H3,(H,8,11)/t4-,5?,6?/m1/s1. The van der Waals surface area contributed by atoms with Gasteiger partial charge in [-0.2, -0.15) is 0 Å². The van der Waals surface area contributed by atoms with Gasteiger partial charge in [-0.05, 0) is 12.8 Å². The van der Waals surface area contributed by atoms with Crippen LogP contribution in [0.25, 0.3) is 0 Å². The van der Waals surface area contributed by atoms with Gasteiger partial charge >= 0.3 is 6.03 Å². The number of likely N-dealkylation sites (N-methyl/N-ethyl adjacent to an activating group) is 1. The van der Waals surface area contributed by atoms with Gasteiger partial charge in [0.25, 0.3) is 0 Å². The van der Waals surface area contributed by atoms with Gasteiger partial charge in [0.1, 0.15) is 0 Å². The Morgan fingerprint density at radius 1 is 1.64 bits per heavy atom. The van der Waals surface area contributed by atoms with Crippen molar-refractivity contribution < 1.29 is 9.90 Å². The lowest BCUT2D eigenvalue weighted by Gasteiger charge is -2.15. The smallest absolute Gasteiger partial charge is 0.317 e. The lowest BCUT2D eigenvalue weighted by Crippen LogP contribution is -2.30. The summed E-state index contributed by atoms with van der Waals surface area (Å²) >= 11 is 0. The summed E-state index contributed by atoms with van der Waals surface area (Å²) in [5.74, 6) is 0. The van der Waals surface area contributed by atoms with Crippen molar-refractivity contribution >= 4 is 6.03 Å². The first-order chi connectivity index (χ1) is 5.18. The van der Waals surface area contributed by atoms with Gasteiger partial charge in [-0.1, -0.05) is 0 Å². The highest BCUT2D eigenvalue weighted by Gasteiger charge is 2.43. The van der Waals surface area contributed by atoms with E-state index in [0.29, 0.717) is 6.42 Å². The maximum absolute atomic E-state index is 11.0. The number of amides is 2. The molecule has 1 saturated carbocycles. The van der Waals surface area contributed by atoms with Crippen LogP contribution in [-0.2, 0) is 0 Å². The van der Waals surface area contributed by atoms with Crippen LogP contribution < -0.4 is 5.32 Å². The van der Waals surface area contributed by atoms with Crippen molar-refractivity contribution in [3.63, 3.8) is 0 Å². The van der Waals surface area contributed by atoms with Crippen LogP contribution in [0.5, 0.6) is 0 Å². The molecule has 2 aliphatic rings. The van der Waals surface area contributed by atoms with Gasteiger partial charge in [0.05, 0.1) is 18.2 Å². The molecule has 0 radical (unpaired) electrons. The zero-order valence-electron chi connectivity index (χ0n) is 6.45. The molecule has 2 unspecified atom stereocenters. The largest absolute Gasteiger partial charge is 0.393 e. The van der Waals surface area contributed by atoms with Crippen molar-refractivity contribution in [1.82, 2.24) is 10.2 Å². The van der Waals surface area contributed by atoms with Gasteiger partial charge in [-0.3, -0.25) is 0 Å². The van der Waals surface area contributed by atoms with Crippen molar-refractivity contribution in [2.45, 2.75) is 31.0 Å². The first-order valence-electron chi connectivity index (χ1n) is 3.90. The van der Waals surface area contributed by atoms with Gasteiger partial charge in [0.15, 0.2) is 0 Å². The van der Waals surface area contributed by atoms with Crippen LogP contribution in [0.3, 0.4) is 0 Å². The molecule has 0 aromatic carbocycles. The minimum absolute atomic E-state index is 0.00750. The van der Waals surface area contributed by atoms with Crippen molar-refractivity contribution in [3.8, 4) is 0 Å². The van der Waals surface area contributed by atoms with E-state index in [2.05, 4.69) is 5.32 Å². The average Bonchev–Trinajstić information content (AvgIpc) is 2.37. The maximum Gasteiger partial charge on any atom is 0.317 e. The number of urea groups is 1. The summed E-state index contributed by atoms with van der Waals surface area (Å²) in [7, 11) is 1.78. The first-order valence-corrected chi connectivity index (χ1v) is 3.90. The highest BCUT2D eigenvalue weighted by molar-refractivity contribution is 5.77. The predicted molar refractivity (Wildman–Crippen MR) is 39.1 cm³/mol. The van der Waals surface area contributed by atoms with E-state index < -0.39 is 0 Å². The zero-order valence-corrected chi connectivity index (χ0v) is 6.45. The number of aliphatic hydroxyl groups excluding tert-OH is 1. The molecule has 2 fully saturated rings. The average molecular weight is 156 g/mol. The molecule has 1 saturated heterocycles. The maximum atomic E-state index is 11.0. The highest BCUT2D eigenvalue weighted by Crippen LogP contribution is 2.27. The van der Waals surface area contributed by atoms with Crippen molar-refractivity contribution in [1.29, 1.82) is 0 Å². The van der Waals surface area contributed by atoms with E-state index in [1.54, 1.807) is 11.9 Å². The second-order valence-corrected chi connectivity index (χ2v) is 3.36. The Hall–Kier alpha value is -0.770. The predicted octanol–water partition coefficient (Wildman–Crippen LogP) is -0.467. The van der Waals surface area contributed by atoms with Crippen molar-refractivity contribution in [2.75, 3.05) is 7.05 Å². The Labute approximate surface area is 65.2 Å². The molecule has 2 amide bonds. The minimum atomic E-state index is -0.229. The Kier molecular flexibility index (Phi) is 1.32. The molecular weight excluding hydrogens is 144 g/mol. The Morgan fingerprint density at radius 2 is 2.36 bits per heavy atom. The summed E-state index contributed by atoms with van der Waals surface area (Å²) in [5, 5.41) is 12.1. The van der Waals surface area contributed by atoms with Crippen LogP contribution in [0.2, 0.25) is 0 Å². The molecule has 1 aliphatic carbocycles. The van der Waals surface area contributed by atoms with Gasteiger partial charge < -0.3 is 15.3 Å². The fraction of sp³-hybridized carbons (Fsp3) is 0.857. The Balaban J connectivity index is 2.13. The van der Waals surface area contributed by atoms with Crippen LogP contribution in [-0.4, -0.2) is 41.3 Å². The van der Waals surface area contributed by atoms with Gasteiger partial charge in [0.2, 0.25) is 0 Å². The van der Waals surface area contributed by atoms with Crippen molar-refractivity contribution in [3.05, 3.63) is 0 Å². The molecule has 1 aliphatic heterocycles. The fourth-order valence-electron chi connectivity index (χ4n) is 1.98. The SMILES string of the molecule is CN1C(=O)NC2C[C@@H](O)CC21. The molecule has 0 spiro atoms. The number of hydrogen-bond acceptors (Lipinski definition) is 2. The molecule has 0 aromatic heterocycles. The summed E-state index contributed by atoms with van der Waals surface area (Å²) in [6, 6.07) is 0.395. The fourth-order valence-corrected chi connectivity index (χ4v) is 1.98. The summed E-state index contributed by atoms with van der Waals surface area (Å²) in [5.41, 5.74) is 0. The summed E-state index contributed by atoms with van der Waals surface area (Å²) in [6.07, 6.45) is 1.20. The van der Waals surface area contributed by atoms with Crippen LogP contribution in [0.4, 0.5) is 4.79 Å². The molecule has 4 nitrogen and oxygen atoms in total. The van der Waals surface area contributed by atoms with Gasteiger partial charge in [-0.15, -0.1) is 0 Å². The second kappa shape index (κ2) is 2.11. The number of aliphatic hydroxyl groups is 1. The van der Waals surface area contributed by atoms with E-state index >= 15 is 0 Å². The van der Waals surface area contributed by atoms with Crippen molar-refractivity contribution in [2.24, 2.45) is 0 Å². The molecule has 11 heavy (non-hydrogen) atoms. The minimum Gasteiger partial charge on any atom is -0.393 e. The zero-order chi connectivity index (χ0) is 8.01. The molecular formula is C7H12N2O2. The van der Waals surface area contributed by atoms with E-state index in [1.807, 2.05) is 0 Å². The van der Waals surface area contributed by atoms with Gasteiger partial charge in [0, 0.05) is 7.05 Å². The topological polar surface area (TPSA) is 52.6 Å². The van der Waals surface area contributed by atoms with Crippen LogP contribution >= 0.6 is 0 Å². The number of carbonyl (C=O) groups excluding carboxylic acids is 1. The Bertz CT molecular complexity index is 195. The molecule has 62 valence electrons. The lowest BCUT2D eigenvalue weighted by molar-refractivity contribution is 0.163. The monoisotopic (exact) mass is 156 g/mol. The molecule has 1 heterocycles. The van der Waals surface area contributed by atoms with E-state index in [1.165, 1.54) is 0 Å². The van der Waals surface area contributed by atoms with Crippen LogP contribution in [0.15, 0.2) is 0 Å². The van der Waals surface area contributed by atoms with Crippen LogP contribution in [0, 0.1) is 0 Å². The number of nitrogens with one attached hydrogen (secondary N) is 1. The molecule has 0 bridgehead atoms. The number of carbonyl (C=O) groups is 1.